The molecule has 0 aliphatic rings. The minimum Gasteiger partial charge on any atom is -0.465 e. The molecular formula is C15H17N5O5. The highest BCUT2D eigenvalue weighted by Crippen LogP contribution is 2.26. The molecule has 10 nitrogen and oxygen atoms in total. The van der Waals surface area contributed by atoms with E-state index in [0.29, 0.717) is 10.9 Å². The van der Waals surface area contributed by atoms with Crippen LogP contribution < -0.4 is 22.1 Å². The van der Waals surface area contributed by atoms with E-state index < -0.39 is 23.8 Å². The maximum absolute atomic E-state index is 12.1. The highest BCUT2D eigenvalue weighted by atomic mass is 16.5. The van der Waals surface area contributed by atoms with Crippen molar-refractivity contribution < 1.29 is 23.9 Å². The Balaban J connectivity index is 2.30. The van der Waals surface area contributed by atoms with Crippen LogP contribution in [0.2, 0.25) is 0 Å². The van der Waals surface area contributed by atoms with E-state index in [-0.39, 0.29) is 30.1 Å². The van der Waals surface area contributed by atoms with Crippen LogP contribution >= 0.6 is 0 Å². The number of H-pyrrole nitrogens is 1. The third-order valence-corrected chi connectivity index (χ3v) is 3.25. The number of benzene rings is 1. The second-order valence-electron chi connectivity index (χ2n) is 4.98. The summed E-state index contributed by atoms with van der Waals surface area (Å²) in [5.41, 5.74) is 11.1. The van der Waals surface area contributed by atoms with Crippen LogP contribution in [0.25, 0.3) is 10.9 Å². The molecular weight excluding hydrogens is 330 g/mol. The normalized spacial score (nSPS) is 10.3. The summed E-state index contributed by atoms with van der Waals surface area (Å²) in [7, 11) is 0. The van der Waals surface area contributed by atoms with Gasteiger partial charge >= 0.3 is 12.0 Å². The molecule has 0 spiro atoms. The molecule has 0 fully saturated rings. The second-order valence-corrected chi connectivity index (χ2v) is 4.98. The smallest absolute Gasteiger partial charge is 0.325 e. The quantitative estimate of drug-likeness (QED) is 0.464. The van der Waals surface area contributed by atoms with Crippen molar-refractivity contribution in [3.05, 3.63) is 29.3 Å². The number of anilines is 1. The Bertz CT molecular complexity index is 857. The summed E-state index contributed by atoms with van der Waals surface area (Å²) in [6, 6.07) is 3.53. The van der Waals surface area contributed by atoms with Crippen molar-refractivity contribution in [2.75, 3.05) is 18.5 Å². The molecule has 2 rings (SSSR count). The number of urea groups is 1. The van der Waals surface area contributed by atoms with Crippen molar-refractivity contribution in [1.29, 1.82) is 0 Å². The molecule has 1 aromatic heterocycles. The van der Waals surface area contributed by atoms with E-state index in [4.69, 9.17) is 16.2 Å². The van der Waals surface area contributed by atoms with Crippen molar-refractivity contribution in [3.63, 3.8) is 0 Å². The summed E-state index contributed by atoms with van der Waals surface area (Å²) in [5.74, 6) is -1.79. The first kappa shape index (κ1) is 17.8. The van der Waals surface area contributed by atoms with Gasteiger partial charge in [-0.25, -0.2) is 4.79 Å². The molecule has 0 atom stereocenters. The molecule has 25 heavy (non-hydrogen) atoms. The van der Waals surface area contributed by atoms with Crippen LogP contribution in [0.1, 0.15) is 27.6 Å². The number of hydrogen-bond donors (Lipinski definition) is 5. The van der Waals surface area contributed by atoms with E-state index in [2.05, 4.69) is 15.6 Å². The highest BCUT2D eigenvalue weighted by Gasteiger charge is 2.19. The van der Waals surface area contributed by atoms with Gasteiger partial charge in [-0.15, -0.1) is 0 Å². The van der Waals surface area contributed by atoms with Gasteiger partial charge in [0, 0.05) is 16.5 Å². The maximum Gasteiger partial charge on any atom is 0.325 e. The third kappa shape index (κ3) is 4.05. The number of aromatic nitrogens is 1. The van der Waals surface area contributed by atoms with Gasteiger partial charge < -0.3 is 26.5 Å². The van der Waals surface area contributed by atoms with Gasteiger partial charge in [0.2, 0.25) is 0 Å². The average Bonchev–Trinajstić information content (AvgIpc) is 2.88. The first-order valence-corrected chi connectivity index (χ1v) is 7.29. The summed E-state index contributed by atoms with van der Waals surface area (Å²) in [6.07, 6.45) is 0. The predicted octanol–water partition coefficient (Wildman–Crippen LogP) is 0.0503. The number of aromatic amines is 1. The first-order valence-electron chi connectivity index (χ1n) is 7.29. The van der Waals surface area contributed by atoms with Gasteiger partial charge in [0.15, 0.2) is 0 Å². The molecule has 0 bridgehead atoms. The van der Waals surface area contributed by atoms with Crippen molar-refractivity contribution in [2.45, 2.75) is 6.92 Å². The molecule has 10 heteroatoms. The second kappa shape index (κ2) is 7.34. The van der Waals surface area contributed by atoms with Gasteiger partial charge in [-0.1, -0.05) is 6.07 Å². The van der Waals surface area contributed by atoms with E-state index >= 15 is 0 Å². The highest BCUT2D eigenvalue weighted by molar-refractivity contribution is 6.13. The van der Waals surface area contributed by atoms with E-state index in [1.165, 1.54) is 18.2 Å². The Morgan fingerprint density at radius 1 is 1.20 bits per heavy atom. The van der Waals surface area contributed by atoms with Crippen LogP contribution in [0.4, 0.5) is 10.6 Å². The minimum atomic E-state index is -0.874. The SMILES string of the molecule is CCOC(=O)CNC(=O)c1ccc2c(C(N)=O)c(NC(N)=O)[nH]c2c1. The van der Waals surface area contributed by atoms with Crippen molar-refractivity contribution in [3.8, 4) is 0 Å². The van der Waals surface area contributed by atoms with E-state index in [0.717, 1.165) is 0 Å². The number of rotatable bonds is 6. The number of amides is 4. The van der Waals surface area contributed by atoms with Gasteiger partial charge in [-0.05, 0) is 19.1 Å². The van der Waals surface area contributed by atoms with Crippen molar-refractivity contribution in [2.24, 2.45) is 11.5 Å². The van der Waals surface area contributed by atoms with Crippen LogP contribution in [0.3, 0.4) is 0 Å². The average molecular weight is 347 g/mol. The minimum absolute atomic E-state index is 0.0408. The van der Waals surface area contributed by atoms with E-state index in [1.54, 1.807) is 6.92 Å². The number of ether oxygens (including phenoxy) is 1. The van der Waals surface area contributed by atoms with Gasteiger partial charge in [-0.3, -0.25) is 19.7 Å². The third-order valence-electron chi connectivity index (χ3n) is 3.25. The lowest BCUT2D eigenvalue weighted by Crippen LogP contribution is -2.30. The molecule has 0 saturated carbocycles. The number of nitrogens with one attached hydrogen (secondary N) is 3. The zero-order valence-corrected chi connectivity index (χ0v) is 13.3. The standard InChI is InChI=1S/C15H17N5O5/c1-2-25-10(21)6-18-14(23)7-3-4-8-9(5-7)19-13(20-15(17)24)11(8)12(16)22/h3-5,19H,2,6H2,1H3,(H2,16,22)(H,18,23)(H3,17,20,24). The molecule has 0 aliphatic carbocycles. The molecule has 7 N–H and O–H groups in total. The van der Waals surface area contributed by atoms with Crippen LogP contribution in [0, 0.1) is 0 Å². The number of carbonyl (C=O) groups excluding carboxylic acids is 4. The summed E-state index contributed by atoms with van der Waals surface area (Å²) in [4.78, 5) is 48.8. The summed E-state index contributed by atoms with van der Waals surface area (Å²) in [5, 5.41) is 5.10. The van der Waals surface area contributed by atoms with Gasteiger partial charge in [-0.2, -0.15) is 0 Å². The molecule has 4 amide bonds. The fourth-order valence-electron chi connectivity index (χ4n) is 2.28. The zero-order valence-electron chi connectivity index (χ0n) is 13.3. The number of primary amides is 2. The maximum atomic E-state index is 12.1. The monoisotopic (exact) mass is 347 g/mol. The molecule has 2 aromatic rings. The summed E-state index contributed by atoms with van der Waals surface area (Å²) in [6.45, 7) is 1.61. The Kier molecular flexibility index (Phi) is 5.22. The number of fused-ring (bicyclic) bond motifs is 1. The fraction of sp³-hybridized carbons (Fsp3) is 0.200. The first-order chi connectivity index (χ1) is 11.8. The van der Waals surface area contributed by atoms with Gasteiger partial charge in [0.05, 0.1) is 12.2 Å². The lowest BCUT2D eigenvalue weighted by molar-refractivity contribution is -0.141. The molecule has 132 valence electrons. The van der Waals surface area contributed by atoms with Crippen molar-refractivity contribution in [1.82, 2.24) is 10.3 Å². The lowest BCUT2D eigenvalue weighted by atomic mass is 10.1. The molecule has 0 saturated heterocycles. The van der Waals surface area contributed by atoms with Crippen molar-refractivity contribution >= 4 is 40.5 Å². The number of hydrogen-bond acceptors (Lipinski definition) is 5. The van der Waals surface area contributed by atoms with Crippen LogP contribution in [0.15, 0.2) is 18.2 Å². The topological polar surface area (TPSA) is 169 Å². The number of carbonyl (C=O) groups is 4. The van der Waals surface area contributed by atoms with E-state index in [9.17, 15) is 19.2 Å². The number of esters is 1. The van der Waals surface area contributed by atoms with Crippen LogP contribution in [-0.4, -0.2) is 42.0 Å². The molecule has 0 radical (unpaired) electrons. The molecule has 1 aromatic carbocycles. The predicted molar refractivity (Wildman–Crippen MR) is 89.0 cm³/mol. The number of nitrogens with two attached hydrogens (primary N) is 2. The largest absolute Gasteiger partial charge is 0.465 e. The van der Waals surface area contributed by atoms with Gasteiger partial charge in [0.25, 0.3) is 11.8 Å². The van der Waals surface area contributed by atoms with Gasteiger partial charge in [0.1, 0.15) is 12.4 Å². The van der Waals surface area contributed by atoms with Crippen LogP contribution in [0.5, 0.6) is 0 Å². The molecule has 0 aliphatic heterocycles. The summed E-state index contributed by atoms with van der Waals surface area (Å²) < 4.78 is 4.72. The molecule has 1 heterocycles. The Morgan fingerprint density at radius 2 is 1.92 bits per heavy atom. The molecule has 0 unspecified atom stereocenters. The Hall–Kier alpha value is -3.56. The lowest BCUT2D eigenvalue weighted by Gasteiger charge is -2.05. The van der Waals surface area contributed by atoms with Crippen LogP contribution in [-0.2, 0) is 9.53 Å². The Morgan fingerprint density at radius 3 is 2.52 bits per heavy atom. The summed E-state index contributed by atoms with van der Waals surface area (Å²) >= 11 is 0. The van der Waals surface area contributed by atoms with E-state index in [1.807, 2.05) is 0 Å². The zero-order chi connectivity index (χ0) is 18.6. The Labute approximate surface area is 141 Å². The fourth-order valence-corrected chi connectivity index (χ4v) is 2.28.